The van der Waals surface area contributed by atoms with Crippen LogP contribution in [0.15, 0.2) is 24.3 Å². The highest BCUT2D eigenvalue weighted by Crippen LogP contribution is 2.32. The first-order valence-corrected chi connectivity index (χ1v) is 6.31. The van der Waals surface area contributed by atoms with E-state index in [-0.39, 0.29) is 18.1 Å². The molecule has 1 heterocycles. The van der Waals surface area contributed by atoms with Crippen LogP contribution in [-0.2, 0) is 4.79 Å². The molecule has 1 atom stereocenters. The maximum absolute atomic E-state index is 12.1. The van der Waals surface area contributed by atoms with Gasteiger partial charge in [-0.1, -0.05) is 12.1 Å². The van der Waals surface area contributed by atoms with Crippen LogP contribution < -0.4 is 15.0 Å². The lowest BCUT2D eigenvalue weighted by Crippen LogP contribution is -2.66. The van der Waals surface area contributed by atoms with Crippen LogP contribution in [0.1, 0.15) is 13.8 Å². The third-order valence-electron chi connectivity index (χ3n) is 3.27. The quantitative estimate of drug-likeness (QED) is 0.846. The van der Waals surface area contributed by atoms with Gasteiger partial charge in [-0.2, -0.15) is 0 Å². The Morgan fingerprint density at radius 3 is 2.79 bits per heavy atom. The zero-order valence-corrected chi connectivity index (χ0v) is 11.5. The molecule has 0 bridgehead atoms. The summed E-state index contributed by atoms with van der Waals surface area (Å²) in [5.41, 5.74) is 0.482. The number of hydrogen-bond acceptors (Lipinski definition) is 4. The Bertz CT molecular complexity index is 474. The summed E-state index contributed by atoms with van der Waals surface area (Å²) in [7, 11) is 1.60. The van der Waals surface area contributed by atoms with Crippen molar-refractivity contribution in [2.75, 3.05) is 25.2 Å². The smallest absolute Gasteiger partial charge is 0.245 e. The molecule has 1 aromatic carbocycles. The molecule has 2 rings (SSSR count). The van der Waals surface area contributed by atoms with Crippen molar-refractivity contribution < 1.29 is 14.6 Å². The molecule has 0 radical (unpaired) electrons. The summed E-state index contributed by atoms with van der Waals surface area (Å²) in [6.07, 6.45) is 0. The van der Waals surface area contributed by atoms with Gasteiger partial charge in [0.1, 0.15) is 11.8 Å². The lowest BCUT2D eigenvalue weighted by molar-refractivity contribution is -0.126. The van der Waals surface area contributed by atoms with Crippen molar-refractivity contribution in [2.24, 2.45) is 0 Å². The average molecular weight is 264 g/mol. The van der Waals surface area contributed by atoms with Gasteiger partial charge >= 0.3 is 0 Å². The van der Waals surface area contributed by atoms with E-state index in [1.807, 2.05) is 43.0 Å². The minimum atomic E-state index is -0.579. The summed E-state index contributed by atoms with van der Waals surface area (Å²) in [6.45, 7) is 4.31. The minimum absolute atomic E-state index is 0.162. The summed E-state index contributed by atoms with van der Waals surface area (Å²) >= 11 is 0. The molecule has 5 nitrogen and oxygen atoms in total. The number of amides is 1. The SMILES string of the molecule is COc1ccccc1N1CC(C)(C)NC(=O)C1CO. The van der Waals surface area contributed by atoms with Gasteiger partial charge in [0.15, 0.2) is 0 Å². The number of benzene rings is 1. The number of anilines is 1. The van der Waals surface area contributed by atoms with Crippen LogP contribution in [0, 0.1) is 0 Å². The Balaban J connectivity index is 2.41. The van der Waals surface area contributed by atoms with Crippen LogP contribution in [0.4, 0.5) is 5.69 Å². The van der Waals surface area contributed by atoms with E-state index in [0.29, 0.717) is 12.3 Å². The molecule has 1 unspecified atom stereocenters. The number of ether oxygens (including phenoxy) is 1. The van der Waals surface area contributed by atoms with Crippen LogP contribution in [0.3, 0.4) is 0 Å². The first-order chi connectivity index (χ1) is 8.98. The summed E-state index contributed by atoms with van der Waals surface area (Å²) in [5, 5.41) is 12.4. The Morgan fingerprint density at radius 1 is 1.47 bits per heavy atom. The number of carbonyl (C=O) groups is 1. The Hall–Kier alpha value is -1.75. The molecule has 19 heavy (non-hydrogen) atoms. The zero-order chi connectivity index (χ0) is 14.0. The fourth-order valence-electron chi connectivity index (χ4n) is 2.44. The molecule has 0 aromatic heterocycles. The highest BCUT2D eigenvalue weighted by molar-refractivity contribution is 5.88. The van der Waals surface area contributed by atoms with Gasteiger partial charge < -0.3 is 20.1 Å². The van der Waals surface area contributed by atoms with Crippen molar-refractivity contribution >= 4 is 11.6 Å². The molecular formula is C14H20N2O3. The molecule has 1 fully saturated rings. The van der Waals surface area contributed by atoms with E-state index < -0.39 is 6.04 Å². The van der Waals surface area contributed by atoms with Crippen LogP contribution in [-0.4, -0.2) is 42.9 Å². The Kier molecular flexibility index (Phi) is 3.66. The van der Waals surface area contributed by atoms with Crippen LogP contribution >= 0.6 is 0 Å². The number of para-hydroxylation sites is 2. The largest absolute Gasteiger partial charge is 0.495 e. The number of piperazine rings is 1. The lowest BCUT2D eigenvalue weighted by atomic mass is 9.97. The fourth-order valence-corrected chi connectivity index (χ4v) is 2.44. The van der Waals surface area contributed by atoms with Crippen molar-refractivity contribution in [2.45, 2.75) is 25.4 Å². The number of methoxy groups -OCH3 is 1. The molecule has 1 amide bonds. The molecular weight excluding hydrogens is 244 g/mol. The number of hydrogen-bond donors (Lipinski definition) is 2. The van der Waals surface area contributed by atoms with Crippen LogP contribution in [0.25, 0.3) is 0 Å². The monoisotopic (exact) mass is 264 g/mol. The Morgan fingerprint density at radius 2 is 2.16 bits per heavy atom. The number of aliphatic hydroxyl groups excluding tert-OH is 1. The zero-order valence-electron chi connectivity index (χ0n) is 11.5. The van der Waals surface area contributed by atoms with Crippen molar-refractivity contribution in [3.8, 4) is 5.75 Å². The van der Waals surface area contributed by atoms with Gasteiger partial charge in [0, 0.05) is 6.54 Å². The van der Waals surface area contributed by atoms with E-state index in [0.717, 1.165) is 5.69 Å². The Labute approximate surface area is 113 Å². The maximum Gasteiger partial charge on any atom is 0.245 e. The summed E-state index contributed by atoms with van der Waals surface area (Å²) < 4.78 is 5.34. The number of aliphatic hydroxyl groups is 1. The van der Waals surface area contributed by atoms with E-state index in [1.54, 1.807) is 7.11 Å². The van der Waals surface area contributed by atoms with Gasteiger partial charge in [0.2, 0.25) is 5.91 Å². The van der Waals surface area contributed by atoms with Crippen LogP contribution in [0.5, 0.6) is 5.75 Å². The molecule has 0 spiro atoms. The summed E-state index contributed by atoms with van der Waals surface area (Å²) in [6, 6.07) is 6.95. The summed E-state index contributed by atoms with van der Waals surface area (Å²) in [4.78, 5) is 14.0. The highest BCUT2D eigenvalue weighted by atomic mass is 16.5. The molecule has 5 heteroatoms. The van der Waals surface area contributed by atoms with E-state index >= 15 is 0 Å². The molecule has 0 saturated carbocycles. The van der Waals surface area contributed by atoms with E-state index in [4.69, 9.17) is 4.74 Å². The van der Waals surface area contributed by atoms with Crippen molar-refractivity contribution in [1.82, 2.24) is 5.32 Å². The van der Waals surface area contributed by atoms with Gasteiger partial charge in [-0.15, -0.1) is 0 Å². The molecule has 104 valence electrons. The topological polar surface area (TPSA) is 61.8 Å². The van der Waals surface area contributed by atoms with Gasteiger partial charge in [-0.25, -0.2) is 0 Å². The van der Waals surface area contributed by atoms with E-state index in [9.17, 15) is 9.90 Å². The van der Waals surface area contributed by atoms with Gasteiger partial charge in [-0.05, 0) is 26.0 Å². The second-order valence-corrected chi connectivity index (χ2v) is 5.37. The van der Waals surface area contributed by atoms with Crippen molar-refractivity contribution in [1.29, 1.82) is 0 Å². The standard InChI is InChI=1S/C14H20N2O3/c1-14(2)9-16(11(8-17)13(18)15-14)10-6-4-5-7-12(10)19-3/h4-7,11,17H,8-9H2,1-3H3,(H,15,18). The molecule has 1 saturated heterocycles. The van der Waals surface area contributed by atoms with E-state index in [2.05, 4.69) is 5.32 Å². The number of nitrogens with one attached hydrogen (secondary N) is 1. The first kappa shape index (κ1) is 13.7. The predicted octanol–water partition coefficient (Wildman–Crippen LogP) is 0.771. The third-order valence-corrected chi connectivity index (χ3v) is 3.27. The second kappa shape index (κ2) is 5.09. The van der Waals surface area contributed by atoms with Crippen molar-refractivity contribution in [3.63, 3.8) is 0 Å². The van der Waals surface area contributed by atoms with E-state index in [1.165, 1.54) is 0 Å². The molecule has 1 aromatic rings. The van der Waals surface area contributed by atoms with Gasteiger partial charge in [-0.3, -0.25) is 4.79 Å². The minimum Gasteiger partial charge on any atom is -0.495 e. The maximum atomic E-state index is 12.1. The highest BCUT2D eigenvalue weighted by Gasteiger charge is 2.39. The van der Waals surface area contributed by atoms with Gasteiger partial charge in [0.25, 0.3) is 0 Å². The lowest BCUT2D eigenvalue weighted by Gasteiger charge is -2.44. The molecule has 1 aliphatic rings. The number of rotatable bonds is 3. The third kappa shape index (κ3) is 2.66. The predicted molar refractivity (Wildman–Crippen MR) is 73.4 cm³/mol. The number of carbonyl (C=O) groups excluding carboxylic acids is 1. The number of nitrogens with zero attached hydrogens (tertiary/aromatic N) is 1. The van der Waals surface area contributed by atoms with Gasteiger partial charge in [0.05, 0.1) is 24.9 Å². The average Bonchev–Trinajstić information content (AvgIpc) is 2.37. The van der Waals surface area contributed by atoms with Crippen LogP contribution in [0.2, 0.25) is 0 Å². The fraction of sp³-hybridized carbons (Fsp3) is 0.500. The molecule has 1 aliphatic heterocycles. The van der Waals surface area contributed by atoms with Crippen molar-refractivity contribution in [3.05, 3.63) is 24.3 Å². The molecule has 0 aliphatic carbocycles. The summed E-state index contributed by atoms with van der Waals surface area (Å²) in [5.74, 6) is 0.538. The second-order valence-electron chi connectivity index (χ2n) is 5.37. The first-order valence-electron chi connectivity index (χ1n) is 6.31. The normalized spacial score (nSPS) is 22.0. The molecule has 2 N–H and O–H groups in total.